The fourth-order valence-corrected chi connectivity index (χ4v) is 0.591. The number of phenols is 1. The Balaban J connectivity index is 3.75. The molecule has 0 aliphatic carbocycles. The molecule has 1 aromatic carbocycles. The van der Waals surface area contributed by atoms with Crippen LogP contribution in [0.25, 0.3) is 0 Å². The zero-order chi connectivity index (χ0) is 17.7. The number of nitrogens with two attached hydrogens (primary N) is 1. The highest BCUT2D eigenvalue weighted by molar-refractivity contribution is 5.41. The highest BCUT2D eigenvalue weighted by atomic mass is 16.6. The van der Waals surface area contributed by atoms with Crippen LogP contribution in [0, 0.1) is 0 Å². The van der Waals surface area contributed by atoms with E-state index >= 15 is 0 Å². The smallest absolute Gasteiger partial charge is 0.160 e. The Morgan fingerprint density at radius 1 is 1.83 bits per heavy atom. The number of hydrogen-bond donors (Lipinski definition) is 2. The lowest BCUT2D eigenvalue weighted by molar-refractivity contribution is 0.373. The molecule has 0 saturated carbocycles. The fraction of sp³-hybridized carbons (Fsp3) is 0.333. The van der Waals surface area contributed by atoms with Crippen molar-refractivity contribution in [2.45, 2.75) is 6.37 Å². The SMILES string of the molecule is [2H][13c]1[13c]([2H])[13c](C([2H])([2H])C([2H])([2H])N)[13c]([2H])[13c](OC([2H])([2H])[2H])[13c]1O. The fourth-order valence-electron chi connectivity index (χ4n) is 0.591. The molecule has 0 unspecified atom stereocenters. The number of rotatable bonds is 3. The average Bonchev–Trinajstić information content (AvgIpc) is 2.29. The van der Waals surface area contributed by atoms with Gasteiger partial charge in [0.25, 0.3) is 0 Å². The van der Waals surface area contributed by atoms with E-state index in [1.165, 1.54) is 0 Å². The standard InChI is InChI=1S/C9H13NO2/c1-12-9-6-7(4-5-10)2-3-8(9)11/h2-3,6,11H,4-5,10H2,1H3/i1D3,2+1D,3+1D,4D2,5D2,6+1D,7+1,8+1,9+1. The molecule has 0 saturated heterocycles. The van der Waals surface area contributed by atoms with Crippen LogP contribution in [-0.2, 0) is 6.37 Å². The minimum atomic E-state index is -3.10. The second-order valence-electron chi connectivity index (χ2n) is 1.80. The van der Waals surface area contributed by atoms with Gasteiger partial charge in [-0.3, -0.25) is 0 Å². The predicted octanol–water partition coefficient (Wildman–Crippen LogP) is 0.902. The third-order valence-electron chi connectivity index (χ3n) is 1.06. The number of ether oxygens (including phenoxy) is 1. The molecule has 0 amide bonds. The molecule has 1 aromatic rings. The van der Waals surface area contributed by atoms with Crippen molar-refractivity contribution in [3.63, 3.8) is 0 Å². The van der Waals surface area contributed by atoms with Gasteiger partial charge in [0.2, 0.25) is 0 Å². The number of benzene rings is 1. The molecular weight excluding hydrogens is 160 g/mol. The molecule has 3 heteroatoms. The van der Waals surface area contributed by atoms with Gasteiger partial charge < -0.3 is 15.6 Å². The first kappa shape index (κ1) is 2.39. The minimum Gasteiger partial charge on any atom is -0.504 e. The highest BCUT2D eigenvalue weighted by Gasteiger charge is 2.00. The van der Waals surface area contributed by atoms with E-state index in [1.54, 1.807) is 0 Å². The summed E-state index contributed by atoms with van der Waals surface area (Å²) in [6, 6.07) is -3.05. The molecule has 12 heavy (non-hydrogen) atoms. The van der Waals surface area contributed by atoms with Crippen molar-refractivity contribution in [3.8, 4) is 11.5 Å². The zero-order valence-corrected chi connectivity index (χ0v) is 5.93. The first-order valence-corrected chi connectivity index (χ1v) is 2.92. The monoisotopic (exact) mass is 183 g/mol. The van der Waals surface area contributed by atoms with Crippen LogP contribution in [0.4, 0.5) is 0 Å². The predicted molar refractivity (Wildman–Crippen MR) is 47.4 cm³/mol. The summed E-state index contributed by atoms with van der Waals surface area (Å²) in [5.74, 6) is -2.16. The number of hydrogen-bond acceptors (Lipinski definition) is 3. The van der Waals surface area contributed by atoms with Gasteiger partial charge in [-0.05, 0) is 30.5 Å². The van der Waals surface area contributed by atoms with Gasteiger partial charge in [0.05, 0.1) is 15.3 Å². The lowest BCUT2D eigenvalue weighted by atomic mass is 10.6. The van der Waals surface area contributed by atoms with E-state index < -0.39 is 55.1 Å². The Bertz CT molecular complexity index is 592. The Hall–Kier alpha value is -1.22. The largest absolute Gasteiger partial charge is 0.504 e. The molecule has 0 aliphatic rings. The maximum absolute atomic E-state index is 9.67. The molecule has 3 nitrogen and oxygen atoms in total. The third kappa shape index (κ3) is 1.89. The molecular formula is C9H13NO2. The summed E-state index contributed by atoms with van der Waals surface area (Å²) in [5, 5.41) is 9.67. The molecule has 0 atom stereocenters. The summed E-state index contributed by atoms with van der Waals surface area (Å²) in [4.78, 5) is 0. The maximum atomic E-state index is 9.67. The van der Waals surface area contributed by atoms with Crippen molar-refractivity contribution >= 4 is 0 Å². The highest BCUT2D eigenvalue weighted by Crippen LogP contribution is 2.26. The van der Waals surface area contributed by atoms with Gasteiger partial charge in [-0.1, -0.05) is 6.04 Å². The van der Waals surface area contributed by atoms with Crippen LogP contribution in [-0.4, -0.2) is 18.6 Å². The van der Waals surface area contributed by atoms with Gasteiger partial charge in [0, 0.05) is 5.48 Å². The topological polar surface area (TPSA) is 55.5 Å². The Morgan fingerprint density at radius 2 is 2.67 bits per heavy atom. The molecule has 0 radical (unpaired) electrons. The van der Waals surface area contributed by atoms with Crippen LogP contribution < -0.4 is 10.5 Å². The third-order valence-corrected chi connectivity index (χ3v) is 1.06. The average molecular weight is 183 g/mol. The molecule has 1 rings (SSSR count). The number of phenolic OH excluding ortho intramolecular Hbond substituents is 1. The van der Waals surface area contributed by atoms with Crippen molar-refractivity contribution in [2.24, 2.45) is 5.73 Å². The summed E-state index contributed by atoms with van der Waals surface area (Å²) >= 11 is 0. The first-order valence-electron chi connectivity index (χ1n) is 7.92. The van der Waals surface area contributed by atoms with E-state index in [9.17, 15) is 5.11 Å². The zero-order valence-electron chi connectivity index (χ0n) is 15.9. The van der Waals surface area contributed by atoms with E-state index in [2.05, 4.69) is 4.74 Å². The van der Waals surface area contributed by atoms with Crippen LogP contribution in [0.5, 0.6) is 11.5 Å². The van der Waals surface area contributed by atoms with Gasteiger partial charge in [0.1, 0.15) is 0 Å². The van der Waals surface area contributed by atoms with Crippen LogP contribution in [0.3, 0.4) is 0 Å². The van der Waals surface area contributed by atoms with E-state index in [0.717, 1.165) is 0 Å². The molecule has 66 valence electrons. The Morgan fingerprint density at radius 3 is 3.33 bits per heavy atom. The van der Waals surface area contributed by atoms with E-state index in [4.69, 9.17) is 19.4 Å². The van der Waals surface area contributed by atoms with Crippen molar-refractivity contribution in [2.75, 3.05) is 13.5 Å². The van der Waals surface area contributed by atoms with Crippen molar-refractivity contribution < 1.29 is 23.6 Å². The van der Waals surface area contributed by atoms with Crippen molar-refractivity contribution in [3.05, 3.63) is 23.7 Å². The minimum absolute atomic E-state index is 0.984. The second-order valence-corrected chi connectivity index (χ2v) is 1.80. The van der Waals surface area contributed by atoms with E-state index in [-0.39, 0.29) is 0 Å². The van der Waals surface area contributed by atoms with Crippen LogP contribution in [0.15, 0.2) is 18.1 Å². The summed E-state index contributed by atoms with van der Waals surface area (Å²) in [7, 11) is -3.10. The van der Waals surface area contributed by atoms with E-state index in [0.29, 0.717) is 0 Å². The first-order chi connectivity index (χ1) is 9.61. The van der Waals surface area contributed by atoms with Crippen LogP contribution >= 0.6 is 0 Å². The molecule has 3 N–H and O–H groups in total. The summed E-state index contributed by atoms with van der Waals surface area (Å²) < 4.78 is 77.9. The van der Waals surface area contributed by atoms with Gasteiger partial charge in [0.15, 0.2) is 11.5 Å². The Kier molecular flexibility index (Phi) is 0.790. The molecule has 0 aliphatic heterocycles. The van der Waals surface area contributed by atoms with Gasteiger partial charge in [-0.15, -0.1) is 0 Å². The van der Waals surface area contributed by atoms with Gasteiger partial charge in [-0.25, -0.2) is 0 Å². The van der Waals surface area contributed by atoms with Crippen LogP contribution in [0.2, 0.25) is 0 Å². The molecule has 0 spiro atoms. The number of aromatic hydroxyl groups is 1. The molecule has 0 bridgehead atoms. The molecule has 0 fully saturated rings. The lowest BCUT2D eigenvalue weighted by Crippen LogP contribution is -2.02. The van der Waals surface area contributed by atoms with Crippen molar-refractivity contribution in [1.82, 2.24) is 0 Å². The summed E-state index contributed by atoms with van der Waals surface area (Å²) in [6.07, 6.45) is -3.10. The summed E-state index contributed by atoms with van der Waals surface area (Å²) in [6.45, 7) is -3.03. The Labute approximate surface area is 85.8 Å². The normalized spacial score (nSPS) is 25.4. The maximum Gasteiger partial charge on any atom is 0.160 e. The lowest BCUT2D eigenvalue weighted by Gasteiger charge is -2.05. The van der Waals surface area contributed by atoms with Gasteiger partial charge >= 0.3 is 0 Å². The summed E-state index contributed by atoms with van der Waals surface area (Å²) in [5.41, 5.74) is 4.08. The van der Waals surface area contributed by atoms with Crippen LogP contribution in [0.1, 0.15) is 19.3 Å². The van der Waals surface area contributed by atoms with Crippen molar-refractivity contribution in [1.29, 1.82) is 0 Å². The van der Waals surface area contributed by atoms with Gasteiger partial charge in [-0.2, -0.15) is 0 Å². The quantitative estimate of drug-likeness (QED) is 0.732. The number of methoxy groups -OCH3 is 1. The molecule has 0 heterocycles. The molecule has 0 aromatic heterocycles. The second kappa shape index (κ2) is 3.97. The van der Waals surface area contributed by atoms with E-state index in [1.807, 2.05) is 0 Å².